The van der Waals surface area contributed by atoms with Crippen LogP contribution in [0.25, 0.3) is 76.4 Å². The molecule has 1 aliphatic rings. The summed E-state index contributed by atoms with van der Waals surface area (Å²) < 4.78 is 8.56. The molecule has 0 aliphatic heterocycles. The molecule has 0 radical (unpaired) electrons. The molecule has 0 N–H and O–H groups in total. The van der Waals surface area contributed by atoms with Crippen molar-refractivity contribution in [3.63, 3.8) is 0 Å². The third-order valence-electron chi connectivity index (χ3n) is 8.92. The zero-order valence-electron chi connectivity index (χ0n) is 23.8. The number of hydrogen-bond donors (Lipinski definition) is 0. The first kappa shape index (κ1) is 24.5. The van der Waals surface area contributed by atoms with Gasteiger partial charge in [-0.1, -0.05) is 105 Å². The molecule has 0 saturated carbocycles. The van der Waals surface area contributed by atoms with Gasteiger partial charge in [0.15, 0.2) is 5.58 Å². The van der Waals surface area contributed by atoms with Gasteiger partial charge in [-0.05, 0) is 58.1 Å². The zero-order chi connectivity index (χ0) is 28.7. The van der Waals surface area contributed by atoms with Crippen LogP contribution in [0, 0.1) is 0 Å². The highest BCUT2D eigenvalue weighted by Gasteiger charge is 2.40. The number of hydrogen-bond acceptors (Lipinski definition) is 4. The number of para-hydroxylation sites is 2. The Morgan fingerprint density at radius 1 is 0.628 bits per heavy atom. The van der Waals surface area contributed by atoms with Crippen LogP contribution in [0.15, 0.2) is 126 Å². The fourth-order valence-corrected chi connectivity index (χ4v) is 8.13. The van der Waals surface area contributed by atoms with E-state index in [0.29, 0.717) is 5.89 Å². The summed E-state index contributed by atoms with van der Waals surface area (Å²) in [6.45, 7) is 4.72. The van der Waals surface area contributed by atoms with Crippen molar-refractivity contribution in [2.24, 2.45) is 0 Å². The van der Waals surface area contributed by atoms with Crippen LogP contribution < -0.4 is 0 Å². The standard InChI is InChI=1S/C39H26N2OS/c1-39(2)29-11-5-3-9-27(29)33-34(39)37-36(28-10-4-8-14-32(28)43-37)41-35(33)25-19-15-23(16-20-25)24-17-21-26(22-18-24)38-40-30-12-6-7-13-31(30)42-38/h3-22H,1-2H3. The summed E-state index contributed by atoms with van der Waals surface area (Å²) in [7, 11) is 0. The molecule has 0 saturated heterocycles. The van der Waals surface area contributed by atoms with Crippen LogP contribution in [-0.2, 0) is 5.41 Å². The van der Waals surface area contributed by atoms with E-state index in [9.17, 15) is 0 Å². The van der Waals surface area contributed by atoms with E-state index in [4.69, 9.17) is 9.40 Å². The van der Waals surface area contributed by atoms with Gasteiger partial charge in [0.25, 0.3) is 0 Å². The van der Waals surface area contributed by atoms with Gasteiger partial charge in [0.2, 0.25) is 5.89 Å². The molecule has 3 heterocycles. The van der Waals surface area contributed by atoms with Gasteiger partial charge in [0.05, 0.1) is 15.9 Å². The fraction of sp³-hybridized carbons (Fsp3) is 0.0769. The average molecular weight is 571 g/mol. The monoisotopic (exact) mass is 570 g/mol. The Morgan fingerprint density at radius 2 is 1.28 bits per heavy atom. The van der Waals surface area contributed by atoms with Gasteiger partial charge in [0.1, 0.15) is 5.52 Å². The maximum Gasteiger partial charge on any atom is 0.227 e. The lowest BCUT2D eigenvalue weighted by molar-refractivity contribution is 0.620. The van der Waals surface area contributed by atoms with Gasteiger partial charge in [-0.2, -0.15) is 0 Å². The molecule has 43 heavy (non-hydrogen) atoms. The highest BCUT2D eigenvalue weighted by atomic mass is 32.1. The van der Waals surface area contributed by atoms with E-state index >= 15 is 0 Å². The summed E-state index contributed by atoms with van der Waals surface area (Å²) in [4.78, 5) is 10.1. The zero-order valence-corrected chi connectivity index (χ0v) is 24.6. The van der Waals surface area contributed by atoms with E-state index in [1.807, 2.05) is 35.6 Å². The second-order valence-electron chi connectivity index (χ2n) is 11.8. The van der Waals surface area contributed by atoms with Gasteiger partial charge in [-0.3, -0.25) is 0 Å². The molecule has 0 spiro atoms. The molecule has 8 aromatic rings. The van der Waals surface area contributed by atoms with E-state index in [1.54, 1.807) is 0 Å². The molecule has 5 aromatic carbocycles. The second-order valence-corrected chi connectivity index (χ2v) is 12.9. The molecule has 0 fully saturated rings. The van der Waals surface area contributed by atoms with Gasteiger partial charge in [-0.15, -0.1) is 11.3 Å². The highest BCUT2D eigenvalue weighted by Crippen LogP contribution is 2.56. The maximum absolute atomic E-state index is 5.97. The number of thiophene rings is 1. The Balaban J connectivity index is 1.16. The molecule has 0 bridgehead atoms. The first-order chi connectivity index (χ1) is 21.1. The summed E-state index contributed by atoms with van der Waals surface area (Å²) >= 11 is 1.87. The number of fused-ring (bicyclic) bond motifs is 8. The lowest BCUT2D eigenvalue weighted by Crippen LogP contribution is -2.15. The summed E-state index contributed by atoms with van der Waals surface area (Å²) in [5.74, 6) is 0.641. The van der Waals surface area contributed by atoms with Gasteiger partial charge in [-0.25, -0.2) is 9.97 Å². The van der Waals surface area contributed by atoms with Crippen molar-refractivity contribution in [3.8, 4) is 45.0 Å². The molecule has 1 aliphatic carbocycles. The first-order valence-corrected chi connectivity index (χ1v) is 15.4. The molecule has 9 rings (SSSR count). The minimum atomic E-state index is -0.112. The van der Waals surface area contributed by atoms with Crippen molar-refractivity contribution in [1.82, 2.24) is 9.97 Å². The number of oxazole rings is 1. The lowest BCUT2D eigenvalue weighted by Gasteiger charge is -2.22. The van der Waals surface area contributed by atoms with Gasteiger partial charge in [0, 0.05) is 32.2 Å². The number of rotatable bonds is 3. The van der Waals surface area contributed by atoms with Gasteiger partial charge < -0.3 is 4.42 Å². The van der Waals surface area contributed by atoms with E-state index < -0.39 is 0 Å². The summed E-state index contributed by atoms with van der Waals surface area (Å²) in [5.41, 5.74) is 13.5. The van der Waals surface area contributed by atoms with Crippen molar-refractivity contribution < 1.29 is 4.42 Å². The van der Waals surface area contributed by atoms with Crippen LogP contribution in [0.2, 0.25) is 0 Å². The minimum Gasteiger partial charge on any atom is -0.436 e. The quantitative estimate of drug-likeness (QED) is 0.212. The van der Waals surface area contributed by atoms with Crippen molar-refractivity contribution in [2.45, 2.75) is 19.3 Å². The Morgan fingerprint density at radius 3 is 2.07 bits per heavy atom. The average Bonchev–Trinajstić information content (AvgIpc) is 3.72. The molecule has 4 heteroatoms. The fourth-order valence-electron chi connectivity index (χ4n) is 6.78. The van der Waals surface area contributed by atoms with Crippen molar-refractivity contribution >= 4 is 42.7 Å². The molecular weight excluding hydrogens is 545 g/mol. The highest BCUT2D eigenvalue weighted by molar-refractivity contribution is 7.26. The molecular formula is C39H26N2OS. The molecule has 3 aromatic heterocycles. The van der Waals surface area contributed by atoms with E-state index in [1.165, 1.54) is 37.0 Å². The minimum absolute atomic E-state index is 0.112. The summed E-state index contributed by atoms with van der Waals surface area (Å²) in [6, 6.07) is 42.7. The van der Waals surface area contributed by atoms with E-state index in [-0.39, 0.29) is 5.41 Å². The van der Waals surface area contributed by atoms with Crippen LogP contribution in [-0.4, -0.2) is 9.97 Å². The number of benzene rings is 5. The molecule has 0 amide bonds. The van der Waals surface area contributed by atoms with E-state index in [2.05, 4.69) is 116 Å². The third kappa shape index (κ3) is 3.60. The van der Waals surface area contributed by atoms with Crippen LogP contribution in [0.3, 0.4) is 0 Å². The third-order valence-corrected chi connectivity index (χ3v) is 10.1. The van der Waals surface area contributed by atoms with E-state index in [0.717, 1.165) is 44.6 Å². The van der Waals surface area contributed by atoms with Crippen molar-refractivity contribution in [3.05, 3.63) is 132 Å². The van der Waals surface area contributed by atoms with Crippen LogP contribution in [0.5, 0.6) is 0 Å². The molecule has 0 unspecified atom stereocenters. The Bertz CT molecular complexity index is 2330. The summed E-state index contributed by atoms with van der Waals surface area (Å²) in [5, 5.41) is 1.23. The number of aromatic nitrogens is 2. The number of nitrogens with zero attached hydrogens (tertiary/aromatic N) is 2. The normalized spacial score (nSPS) is 13.5. The first-order valence-electron chi connectivity index (χ1n) is 14.6. The summed E-state index contributed by atoms with van der Waals surface area (Å²) in [6.07, 6.45) is 0. The Kier molecular flexibility index (Phi) is 5.12. The topological polar surface area (TPSA) is 38.9 Å². The van der Waals surface area contributed by atoms with Crippen LogP contribution in [0.4, 0.5) is 0 Å². The Hall–Kier alpha value is -5.06. The predicted molar refractivity (Wildman–Crippen MR) is 179 cm³/mol. The second kappa shape index (κ2) is 8.97. The molecule has 3 nitrogen and oxygen atoms in total. The molecule has 204 valence electrons. The predicted octanol–water partition coefficient (Wildman–Crippen LogP) is 10.9. The molecule has 0 atom stereocenters. The SMILES string of the molecule is CC1(C)c2ccccc2-c2c(-c3ccc(-c4ccc(-c5nc6ccccc6o5)cc4)cc3)nc3c(sc4ccccc43)c21. The lowest BCUT2D eigenvalue weighted by atomic mass is 9.82. The van der Waals surface area contributed by atoms with Crippen molar-refractivity contribution in [2.75, 3.05) is 0 Å². The Labute approximate surface area is 253 Å². The van der Waals surface area contributed by atoms with Crippen molar-refractivity contribution in [1.29, 1.82) is 0 Å². The smallest absolute Gasteiger partial charge is 0.227 e. The number of pyridine rings is 1. The van der Waals surface area contributed by atoms with Crippen LogP contribution >= 0.6 is 11.3 Å². The maximum atomic E-state index is 5.97. The van der Waals surface area contributed by atoms with Crippen LogP contribution in [0.1, 0.15) is 25.0 Å². The van der Waals surface area contributed by atoms with Gasteiger partial charge >= 0.3 is 0 Å². The largest absolute Gasteiger partial charge is 0.436 e.